The Kier molecular flexibility index (Phi) is 5.74. The van der Waals surface area contributed by atoms with Crippen molar-refractivity contribution in [2.24, 2.45) is 11.1 Å². The van der Waals surface area contributed by atoms with Gasteiger partial charge in [0, 0.05) is 5.56 Å². The molecule has 1 amide bonds. The van der Waals surface area contributed by atoms with E-state index in [1.165, 1.54) is 19.9 Å². The zero-order chi connectivity index (χ0) is 21.4. The van der Waals surface area contributed by atoms with Gasteiger partial charge in [0.1, 0.15) is 5.82 Å². The number of likely N-dealkylation sites (tertiary alicyclic amines) is 1. The number of carbonyl (C=O) groups excluding carboxylic acids is 1. The molecule has 4 nitrogen and oxygen atoms in total. The number of rotatable bonds is 5. The maximum Gasteiger partial charge on any atom is 0.282 e. The summed E-state index contributed by atoms with van der Waals surface area (Å²) in [5.74, 6) is -4.44. The largest absolute Gasteiger partial charge is 0.395 e. The van der Waals surface area contributed by atoms with Gasteiger partial charge in [-0.25, -0.2) is 13.2 Å². The van der Waals surface area contributed by atoms with Gasteiger partial charge >= 0.3 is 0 Å². The van der Waals surface area contributed by atoms with E-state index < -0.39 is 48.3 Å². The Morgan fingerprint density at radius 3 is 2.48 bits per heavy atom. The number of amides is 1. The summed E-state index contributed by atoms with van der Waals surface area (Å²) in [6.07, 6.45) is -0.142. The summed E-state index contributed by atoms with van der Waals surface area (Å²) < 4.78 is 43.9. The molecule has 1 fully saturated rings. The summed E-state index contributed by atoms with van der Waals surface area (Å²) in [4.78, 5) is 13.8. The first-order valence-electron chi connectivity index (χ1n) is 9.46. The van der Waals surface area contributed by atoms with E-state index in [1.54, 1.807) is 36.4 Å². The van der Waals surface area contributed by atoms with E-state index in [0.29, 0.717) is 11.1 Å². The average molecular weight is 406 g/mol. The molecule has 0 radical (unpaired) electrons. The summed E-state index contributed by atoms with van der Waals surface area (Å²) in [7, 11) is 0. The highest BCUT2D eigenvalue weighted by atomic mass is 19.3. The normalized spacial score (nSPS) is 21.4. The van der Waals surface area contributed by atoms with Crippen molar-refractivity contribution in [3.8, 4) is 11.1 Å². The number of nitrogens with two attached hydrogens (primary N) is 1. The SMILES string of the molecule is CC(C)(CO)C(=O)N1CC(F)(F)C(N)C1Cc1cccc(-c2ccccc2)c1F. The Labute approximate surface area is 168 Å². The Hall–Kier alpha value is -2.38. The van der Waals surface area contributed by atoms with Gasteiger partial charge in [0.15, 0.2) is 0 Å². The molecule has 0 bridgehead atoms. The molecule has 0 spiro atoms. The van der Waals surface area contributed by atoms with Crippen LogP contribution >= 0.6 is 0 Å². The van der Waals surface area contributed by atoms with Gasteiger partial charge in [0.2, 0.25) is 5.91 Å². The predicted molar refractivity (Wildman–Crippen MR) is 105 cm³/mol. The minimum Gasteiger partial charge on any atom is -0.395 e. The topological polar surface area (TPSA) is 66.6 Å². The molecule has 0 saturated carbocycles. The van der Waals surface area contributed by atoms with Crippen molar-refractivity contribution in [3.63, 3.8) is 0 Å². The molecule has 156 valence electrons. The second kappa shape index (κ2) is 7.80. The summed E-state index contributed by atoms with van der Waals surface area (Å²) in [5, 5.41) is 9.48. The van der Waals surface area contributed by atoms with Crippen LogP contribution in [0.5, 0.6) is 0 Å². The van der Waals surface area contributed by atoms with E-state index >= 15 is 4.39 Å². The third kappa shape index (κ3) is 4.02. The van der Waals surface area contributed by atoms with E-state index in [1.807, 2.05) is 6.07 Å². The van der Waals surface area contributed by atoms with Crippen LogP contribution in [0.1, 0.15) is 19.4 Å². The zero-order valence-electron chi connectivity index (χ0n) is 16.4. The van der Waals surface area contributed by atoms with Crippen LogP contribution in [0.3, 0.4) is 0 Å². The Morgan fingerprint density at radius 2 is 1.86 bits per heavy atom. The lowest BCUT2D eigenvalue weighted by Gasteiger charge is -2.32. The van der Waals surface area contributed by atoms with Crippen LogP contribution in [0.2, 0.25) is 0 Å². The number of alkyl halides is 2. The molecule has 3 rings (SSSR count). The van der Waals surface area contributed by atoms with E-state index in [0.717, 1.165) is 4.90 Å². The predicted octanol–water partition coefficient (Wildman–Crippen LogP) is 3.23. The van der Waals surface area contributed by atoms with Gasteiger partial charge in [-0.15, -0.1) is 0 Å². The van der Waals surface area contributed by atoms with Crippen LogP contribution in [0, 0.1) is 11.2 Å². The lowest BCUT2D eigenvalue weighted by Crippen LogP contribution is -2.50. The van der Waals surface area contributed by atoms with Crippen molar-refractivity contribution in [2.75, 3.05) is 13.2 Å². The number of hydrogen-bond donors (Lipinski definition) is 2. The Bertz CT molecular complexity index is 887. The first-order valence-corrected chi connectivity index (χ1v) is 9.46. The number of hydrogen-bond acceptors (Lipinski definition) is 3. The lowest BCUT2D eigenvalue weighted by molar-refractivity contribution is -0.144. The van der Waals surface area contributed by atoms with Crippen molar-refractivity contribution in [2.45, 2.75) is 38.3 Å². The van der Waals surface area contributed by atoms with Gasteiger partial charge in [-0.3, -0.25) is 4.79 Å². The maximum absolute atomic E-state index is 15.2. The molecule has 1 heterocycles. The molecule has 2 aromatic carbocycles. The standard InChI is InChI=1S/C22H25F3N2O2/c1-21(2,13-28)20(29)27-12-22(24,25)19(26)17(27)11-15-9-6-10-16(18(15)23)14-7-4-3-5-8-14/h3-10,17,19,28H,11-13,26H2,1-2H3. The molecular formula is C22H25F3N2O2. The minimum absolute atomic E-state index is 0.142. The van der Waals surface area contributed by atoms with Crippen LogP contribution in [0.4, 0.5) is 13.2 Å². The quantitative estimate of drug-likeness (QED) is 0.801. The fraction of sp³-hybridized carbons (Fsp3) is 0.409. The number of carbonyl (C=O) groups is 1. The number of nitrogens with zero attached hydrogens (tertiary/aromatic N) is 1. The molecular weight excluding hydrogens is 381 g/mol. The highest BCUT2D eigenvalue weighted by Crippen LogP contribution is 2.36. The second-order valence-electron chi connectivity index (χ2n) is 8.18. The molecule has 7 heteroatoms. The van der Waals surface area contributed by atoms with Gasteiger partial charge in [0.05, 0.1) is 30.7 Å². The molecule has 3 N–H and O–H groups in total. The van der Waals surface area contributed by atoms with Gasteiger partial charge in [-0.1, -0.05) is 48.5 Å². The summed E-state index contributed by atoms with van der Waals surface area (Å²) in [5.41, 5.74) is 5.79. The van der Waals surface area contributed by atoms with E-state index in [2.05, 4.69) is 0 Å². The molecule has 2 aromatic rings. The fourth-order valence-electron chi connectivity index (χ4n) is 3.64. The zero-order valence-corrected chi connectivity index (χ0v) is 16.4. The molecule has 2 atom stereocenters. The lowest BCUT2D eigenvalue weighted by atomic mass is 9.91. The Balaban J connectivity index is 1.96. The van der Waals surface area contributed by atoms with E-state index in [4.69, 9.17) is 5.73 Å². The van der Waals surface area contributed by atoms with Gasteiger partial charge in [0.25, 0.3) is 5.92 Å². The number of halogens is 3. The highest BCUT2D eigenvalue weighted by Gasteiger charge is 2.55. The smallest absolute Gasteiger partial charge is 0.282 e. The van der Waals surface area contributed by atoms with Gasteiger partial charge in [-0.05, 0) is 31.4 Å². The second-order valence-corrected chi connectivity index (χ2v) is 8.18. The van der Waals surface area contributed by atoms with Gasteiger partial charge < -0.3 is 15.7 Å². The molecule has 29 heavy (non-hydrogen) atoms. The molecule has 1 saturated heterocycles. The molecule has 2 unspecified atom stereocenters. The molecule has 1 aliphatic rings. The number of benzene rings is 2. The monoisotopic (exact) mass is 406 g/mol. The van der Waals surface area contributed by atoms with Crippen LogP contribution < -0.4 is 5.73 Å². The maximum atomic E-state index is 15.2. The van der Waals surface area contributed by atoms with Gasteiger partial charge in [-0.2, -0.15) is 0 Å². The first kappa shape index (κ1) is 21.3. The fourth-order valence-corrected chi connectivity index (χ4v) is 3.64. The van der Waals surface area contributed by atoms with Crippen LogP contribution in [-0.4, -0.2) is 47.1 Å². The van der Waals surface area contributed by atoms with Crippen LogP contribution in [0.15, 0.2) is 48.5 Å². The summed E-state index contributed by atoms with van der Waals surface area (Å²) in [6, 6.07) is 11.0. The van der Waals surface area contributed by atoms with E-state index in [9.17, 15) is 18.7 Å². The van der Waals surface area contributed by atoms with Crippen LogP contribution in [-0.2, 0) is 11.2 Å². The minimum atomic E-state index is -3.29. The summed E-state index contributed by atoms with van der Waals surface area (Å²) in [6.45, 7) is 1.62. The average Bonchev–Trinajstić information content (AvgIpc) is 2.93. The molecule has 0 aliphatic carbocycles. The highest BCUT2D eigenvalue weighted by molar-refractivity contribution is 5.83. The third-order valence-corrected chi connectivity index (χ3v) is 5.51. The molecule has 0 aromatic heterocycles. The number of aliphatic hydroxyl groups is 1. The molecule has 1 aliphatic heterocycles. The Morgan fingerprint density at radius 1 is 1.21 bits per heavy atom. The van der Waals surface area contributed by atoms with Crippen molar-refractivity contribution in [3.05, 3.63) is 59.9 Å². The van der Waals surface area contributed by atoms with Crippen LogP contribution in [0.25, 0.3) is 11.1 Å². The van der Waals surface area contributed by atoms with Crippen molar-refractivity contribution >= 4 is 5.91 Å². The van der Waals surface area contributed by atoms with Crippen molar-refractivity contribution < 1.29 is 23.1 Å². The summed E-state index contributed by atoms with van der Waals surface area (Å²) >= 11 is 0. The first-order chi connectivity index (χ1) is 13.6. The van der Waals surface area contributed by atoms with Crippen molar-refractivity contribution in [1.29, 1.82) is 0 Å². The van der Waals surface area contributed by atoms with E-state index in [-0.39, 0.29) is 12.0 Å². The number of aliphatic hydroxyl groups excluding tert-OH is 1. The third-order valence-electron chi connectivity index (χ3n) is 5.51. The van der Waals surface area contributed by atoms with Crippen molar-refractivity contribution in [1.82, 2.24) is 4.90 Å².